The molecule has 0 aliphatic carbocycles. The number of carbonyl (C=O) groups excluding carboxylic acids is 3. The van der Waals surface area contributed by atoms with Crippen molar-refractivity contribution >= 4 is 28.7 Å². The Balaban J connectivity index is 1.37. The minimum absolute atomic E-state index is 0.0170. The number of nitrogens with one attached hydrogen (secondary N) is 3. The van der Waals surface area contributed by atoms with E-state index in [-0.39, 0.29) is 12.5 Å². The van der Waals surface area contributed by atoms with Gasteiger partial charge in [0.1, 0.15) is 18.4 Å². The monoisotopic (exact) mass is 404 g/mol. The molecule has 2 aromatic carbocycles. The van der Waals surface area contributed by atoms with Crippen LogP contribution in [0.5, 0.6) is 5.75 Å². The van der Waals surface area contributed by atoms with E-state index in [9.17, 15) is 14.4 Å². The first-order valence-electron chi connectivity index (χ1n) is 9.47. The number of benzene rings is 2. The van der Waals surface area contributed by atoms with Gasteiger partial charge in [-0.3, -0.25) is 19.9 Å². The molecular weight excluding hydrogens is 384 g/mol. The molecule has 0 saturated carbocycles. The Kier molecular flexibility index (Phi) is 5.30. The number of imide groups is 1. The van der Waals surface area contributed by atoms with Crippen molar-refractivity contribution in [2.45, 2.75) is 19.6 Å². The molecule has 8 heteroatoms. The average molecular weight is 404 g/mol. The molecule has 1 aromatic heterocycles. The number of aryl methyl sites for hydroxylation is 1. The van der Waals surface area contributed by atoms with Gasteiger partial charge in [-0.1, -0.05) is 18.2 Å². The smallest absolute Gasteiger partial charge is 0.322 e. The second-order valence-electron chi connectivity index (χ2n) is 6.98. The van der Waals surface area contributed by atoms with E-state index in [0.29, 0.717) is 17.9 Å². The summed E-state index contributed by atoms with van der Waals surface area (Å²) >= 11 is 0. The third kappa shape index (κ3) is 4.22. The van der Waals surface area contributed by atoms with Crippen LogP contribution in [-0.2, 0) is 11.4 Å². The lowest BCUT2D eigenvalue weighted by atomic mass is 10.1. The summed E-state index contributed by atoms with van der Waals surface area (Å²) in [6.45, 7) is 2.35. The second-order valence-corrected chi connectivity index (χ2v) is 6.98. The Morgan fingerprint density at radius 1 is 1.13 bits per heavy atom. The van der Waals surface area contributed by atoms with E-state index in [0.717, 1.165) is 22.2 Å². The molecule has 0 spiro atoms. The van der Waals surface area contributed by atoms with E-state index in [4.69, 9.17) is 4.74 Å². The summed E-state index contributed by atoms with van der Waals surface area (Å²) in [7, 11) is 0. The number of urea groups is 1. The van der Waals surface area contributed by atoms with E-state index in [1.165, 1.54) is 0 Å². The first-order chi connectivity index (χ1) is 14.5. The van der Waals surface area contributed by atoms with Crippen molar-refractivity contribution in [2.24, 2.45) is 0 Å². The number of aromatic nitrogens is 1. The van der Waals surface area contributed by atoms with Gasteiger partial charge < -0.3 is 15.4 Å². The Labute approximate surface area is 172 Å². The van der Waals surface area contributed by atoms with Gasteiger partial charge in [0.05, 0.1) is 5.52 Å². The average Bonchev–Trinajstić information content (AvgIpc) is 3.07. The molecule has 1 aliphatic rings. The van der Waals surface area contributed by atoms with E-state index in [2.05, 4.69) is 20.9 Å². The van der Waals surface area contributed by atoms with Gasteiger partial charge in [0.2, 0.25) is 0 Å². The van der Waals surface area contributed by atoms with Crippen LogP contribution in [-0.4, -0.2) is 35.4 Å². The molecule has 1 atom stereocenters. The van der Waals surface area contributed by atoms with E-state index in [1.807, 2.05) is 37.3 Å². The summed E-state index contributed by atoms with van der Waals surface area (Å²) in [5, 5.41) is 8.23. The van der Waals surface area contributed by atoms with Crippen molar-refractivity contribution in [1.29, 1.82) is 0 Å². The van der Waals surface area contributed by atoms with Crippen LogP contribution in [0.4, 0.5) is 4.79 Å². The summed E-state index contributed by atoms with van der Waals surface area (Å²) < 4.78 is 5.90. The molecule has 1 aliphatic heterocycles. The molecule has 1 saturated heterocycles. The van der Waals surface area contributed by atoms with Gasteiger partial charge in [0, 0.05) is 28.8 Å². The largest absolute Gasteiger partial charge is 0.489 e. The van der Waals surface area contributed by atoms with Crippen molar-refractivity contribution in [3.63, 3.8) is 0 Å². The lowest BCUT2D eigenvalue weighted by Crippen LogP contribution is -2.41. The van der Waals surface area contributed by atoms with E-state index in [1.54, 1.807) is 24.3 Å². The number of hydrogen-bond donors (Lipinski definition) is 3. The van der Waals surface area contributed by atoms with Crippen molar-refractivity contribution in [2.75, 3.05) is 6.54 Å². The highest BCUT2D eigenvalue weighted by Gasteiger charge is 2.29. The first kappa shape index (κ1) is 19.4. The van der Waals surface area contributed by atoms with E-state index >= 15 is 0 Å². The second kappa shape index (κ2) is 8.20. The molecule has 152 valence electrons. The summed E-state index contributed by atoms with van der Waals surface area (Å²) in [5.74, 6) is -0.165. The number of carbonyl (C=O) groups is 3. The molecule has 1 fully saturated rings. The van der Waals surface area contributed by atoms with Gasteiger partial charge in [-0.15, -0.1) is 0 Å². The van der Waals surface area contributed by atoms with Crippen molar-refractivity contribution < 1.29 is 19.1 Å². The Hall–Kier alpha value is -3.94. The minimum atomic E-state index is -0.761. The highest BCUT2D eigenvalue weighted by Crippen LogP contribution is 2.21. The predicted molar refractivity (Wildman–Crippen MR) is 110 cm³/mol. The zero-order valence-corrected chi connectivity index (χ0v) is 16.3. The van der Waals surface area contributed by atoms with Gasteiger partial charge in [0.15, 0.2) is 0 Å². The van der Waals surface area contributed by atoms with Gasteiger partial charge in [-0.25, -0.2) is 4.79 Å². The number of rotatable bonds is 6. The summed E-state index contributed by atoms with van der Waals surface area (Å²) in [4.78, 5) is 39.4. The molecule has 4 rings (SSSR count). The normalized spacial score (nSPS) is 15.6. The zero-order valence-electron chi connectivity index (χ0n) is 16.3. The number of para-hydroxylation sites is 1. The summed E-state index contributed by atoms with van der Waals surface area (Å²) in [6.07, 6.45) is 0. The highest BCUT2D eigenvalue weighted by molar-refractivity contribution is 6.04. The molecule has 0 unspecified atom stereocenters. The molecule has 3 aromatic rings. The number of fused-ring (bicyclic) bond motifs is 1. The van der Waals surface area contributed by atoms with Crippen molar-refractivity contribution in [1.82, 2.24) is 20.9 Å². The fourth-order valence-corrected chi connectivity index (χ4v) is 3.28. The Bertz CT molecular complexity index is 1130. The molecule has 2 heterocycles. The van der Waals surface area contributed by atoms with Crippen LogP contribution in [0.3, 0.4) is 0 Å². The maximum Gasteiger partial charge on any atom is 0.322 e. The lowest BCUT2D eigenvalue weighted by molar-refractivity contribution is -0.120. The van der Waals surface area contributed by atoms with Gasteiger partial charge >= 0.3 is 6.03 Å². The van der Waals surface area contributed by atoms with Crippen molar-refractivity contribution in [3.05, 3.63) is 71.4 Å². The molecule has 8 nitrogen and oxygen atoms in total. The van der Waals surface area contributed by atoms with Crippen LogP contribution < -0.4 is 20.7 Å². The predicted octanol–water partition coefficient (Wildman–Crippen LogP) is 2.06. The number of hydrogen-bond acceptors (Lipinski definition) is 5. The number of amides is 4. The lowest BCUT2D eigenvalue weighted by Gasteiger charge is -2.11. The SMILES string of the molecule is Cc1cc(COc2ccc(C(=O)NC[C@H]3NC(=O)NC3=O)cc2)c2ccccc2n1. The third-order valence-electron chi connectivity index (χ3n) is 4.77. The zero-order chi connectivity index (χ0) is 21.1. The molecule has 0 bridgehead atoms. The number of nitrogens with zero attached hydrogens (tertiary/aromatic N) is 1. The standard InChI is InChI=1S/C22H20N4O4/c1-13-10-15(17-4-2-3-5-18(17)24-13)12-30-16-8-6-14(7-9-16)20(27)23-11-19-21(28)26-22(29)25-19/h2-10,19H,11-12H2,1H3,(H,23,27)(H2,25,26,28,29)/t19-/m1/s1. The maximum absolute atomic E-state index is 12.3. The quantitative estimate of drug-likeness (QED) is 0.545. The summed E-state index contributed by atoms with van der Waals surface area (Å²) in [5.41, 5.74) is 3.32. The van der Waals surface area contributed by atoms with Crippen LogP contribution in [0, 0.1) is 6.92 Å². The first-order valence-corrected chi connectivity index (χ1v) is 9.47. The molecule has 3 N–H and O–H groups in total. The molecule has 30 heavy (non-hydrogen) atoms. The fourth-order valence-electron chi connectivity index (χ4n) is 3.28. The van der Waals surface area contributed by atoms with Crippen LogP contribution in [0.1, 0.15) is 21.6 Å². The van der Waals surface area contributed by atoms with Gasteiger partial charge in [0.25, 0.3) is 11.8 Å². The third-order valence-corrected chi connectivity index (χ3v) is 4.77. The summed E-state index contributed by atoms with van der Waals surface area (Å²) in [6, 6.07) is 15.3. The maximum atomic E-state index is 12.3. The van der Waals surface area contributed by atoms with Crippen molar-refractivity contribution in [3.8, 4) is 5.75 Å². The Morgan fingerprint density at radius 2 is 1.90 bits per heavy atom. The van der Waals surface area contributed by atoms with Crippen LogP contribution >= 0.6 is 0 Å². The van der Waals surface area contributed by atoms with E-state index < -0.39 is 18.0 Å². The highest BCUT2D eigenvalue weighted by atomic mass is 16.5. The molecule has 0 radical (unpaired) electrons. The molecular formula is C22H20N4O4. The van der Waals surface area contributed by atoms with Crippen LogP contribution in [0.25, 0.3) is 10.9 Å². The van der Waals surface area contributed by atoms with Crippen LogP contribution in [0.2, 0.25) is 0 Å². The number of pyridine rings is 1. The minimum Gasteiger partial charge on any atom is -0.489 e. The van der Waals surface area contributed by atoms with Crippen LogP contribution in [0.15, 0.2) is 54.6 Å². The number of ether oxygens (including phenoxy) is 1. The van der Waals surface area contributed by atoms with Gasteiger partial charge in [-0.05, 0) is 43.3 Å². The van der Waals surface area contributed by atoms with Gasteiger partial charge in [-0.2, -0.15) is 0 Å². The topological polar surface area (TPSA) is 109 Å². The fraction of sp³-hybridized carbons (Fsp3) is 0.182. The Morgan fingerprint density at radius 3 is 2.63 bits per heavy atom. The molecule has 4 amide bonds.